The third-order valence-electron chi connectivity index (χ3n) is 8.24. The zero-order valence-corrected chi connectivity index (χ0v) is 24.3. The molecule has 0 radical (unpaired) electrons. The fraction of sp³-hybridized carbons (Fsp3) is 0.273. The molecule has 1 saturated carbocycles. The van der Waals surface area contributed by atoms with E-state index in [-0.39, 0.29) is 30.1 Å². The van der Waals surface area contributed by atoms with Crippen LogP contribution < -0.4 is 15.1 Å². The van der Waals surface area contributed by atoms with Crippen molar-refractivity contribution in [2.45, 2.75) is 56.7 Å². The molecule has 45 heavy (non-hydrogen) atoms. The molecule has 12 heteroatoms. The van der Waals surface area contributed by atoms with E-state index in [2.05, 4.69) is 20.5 Å². The maximum absolute atomic E-state index is 14.9. The van der Waals surface area contributed by atoms with Crippen molar-refractivity contribution < 1.29 is 23.2 Å². The number of alkyl halides is 2. The number of H-pyrrole nitrogens is 1. The van der Waals surface area contributed by atoms with Gasteiger partial charge in [-0.3, -0.25) is 29.3 Å². The highest BCUT2D eigenvalue weighted by atomic mass is 19.3. The predicted octanol–water partition coefficient (Wildman–Crippen LogP) is 4.84. The van der Waals surface area contributed by atoms with Crippen molar-refractivity contribution in [3.63, 3.8) is 0 Å². The number of nitriles is 1. The molecule has 2 atom stereocenters. The van der Waals surface area contributed by atoms with Crippen LogP contribution in [0.2, 0.25) is 0 Å². The van der Waals surface area contributed by atoms with Gasteiger partial charge >= 0.3 is 0 Å². The Balaban J connectivity index is 1.48. The van der Waals surface area contributed by atoms with Crippen LogP contribution in [0.4, 0.5) is 20.3 Å². The molecular formula is C33H29F2N7O3. The van der Waals surface area contributed by atoms with Gasteiger partial charge in [-0.15, -0.1) is 0 Å². The van der Waals surface area contributed by atoms with E-state index in [1.807, 2.05) is 12.1 Å². The van der Waals surface area contributed by atoms with Gasteiger partial charge in [0.25, 0.3) is 11.8 Å². The number of aromatic nitrogens is 3. The molecular weight excluding hydrogens is 580 g/mol. The standard InChI is InChI=1S/C33H29F2N7O3/c1-20-5-2-3-8-26(20)30(31(44)40-24-15-33(34,35)16-24)41(25-7-4-6-22(14-25)23-18-38-39-19-23)32(45)27-9-10-29(43)42(27)28-13-21(17-36)11-12-37-28/h2-8,11-14,18-19,24,27,30H,9-10,15-16H2,1H3,(H,38,39)(H,40,44). The second-order valence-corrected chi connectivity index (χ2v) is 11.3. The highest BCUT2D eigenvalue weighted by Crippen LogP contribution is 2.39. The van der Waals surface area contributed by atoms with Crippen molar-refractivity contribution in [3.05, 3.63) is 95.9 Å². The highest BCUT2D eigenvalue weighted by Gasteiger charge is 2.48. The van der Waals surface area contributed by atoms with Gasteiger partial charge in [0.15, 0.2) is 0 Å². The normalized spacial score (nSPS) is 18.1. The van der Waals surface area contributed by atoms with Crippen LogP contribution in [0.25, 0.3) is 11.1 Å². The quantitative estimate of drug-likeness (QED) is 0.294. The molecule has 1 saturated heterocycles. The van der Waals surface area contributed by atoms with Gasteiger partial charge in [0, 0.05) is 48.9 Å². The van der Waals surface area contributed by atoms with E-state index in [9.17, 15) is 28.4 Å². The number of nitrogens with one attached hydrogen (secondary N) is 2. The fourth-order valence-electron chi connectivity index (χ4n) is 5.97. The van der Waals surface area contributed by atoms with Gasteiger partial charge in [0.05, 0.1) is 17.8 Å². The van der Waals surface area contributed by atoms with Gasteiger partial charge in [0.1, 0.15) is 17.9 Å². The molecule has 0 bridgehead atoms. The Morgan fingerprint density at radius 2 is 1.93 bits per heavy atom. The van der Waals surface area contributed by atoms with E-state index >= 15 is 0 Å². The van der Waals surface area contributed by atoms with Crippen LogP contribution in [-0.4, -0.2) is 50.9 Å². The monoisotopic (exact) mass is 609 g/mol. The van der Waals surface area contributed by atoms with Gasteiger partial charge in [-0.05, 0) is 54.3 Å². The van der Waals surface area contributed by atoms with Gasteiger partial charge in [-0.1, -0.05) is 36.4 Å². The summed E-state index contributed by atoms with van der Waals surface area (Å²) in [6, 6.07) is 16.0. The Bertz CT molecular complexity index is 1800. The van der Waals surface area contributed by atoms with E-state index in [4.69, 9.17) is 0 Å². The van der Waals surface area contributed by atoms with E-state index in [0.717, 1.165) is 5.56 Å². The Kier molecular flexibility index (Phi) is 7.85. The molecule has 1 aliphatic carbocycles. The van der Waals surface area contributed by atoms with Crippen LogP contribution in [0.5, 0.6) is 0 Å². The number of hydrogen-bond acceptors (Lipinski definition) is 6. The zero-order chi connectivity index (χ0) is 31.7. The minimum absolute atomic E-state index is 0.0517. The second kappa shape index (κ2) is 11.9. The molecule has 2 N–H and O–H groups in total. The van der Waals surface area contributed by atoms with Crippen molar-refractivity contribution in [1.29, 1.82) is 5.26 Å². The molecule has 228 valence electrons. The molecule has 2 fully saturated rings. The third kappa shape index (κ3) is 5.89. The minimum Gasteiger partial charge on any atom is -0.351 e. The predicted molar refractivity (Wildman–Crippen MR) is 161 cm³/mol. The summed E-state index contributed by atoms with van der Waals surface area (Å²) >= 11 is 0. The van der Waals surface area contributed by atoms with Crippen molar-refractivity contribution in [2.24, 2.45) is 0 Å². The maximum atomic E-state index is 14.9. The lowest BCUT2D eigenvalue weighted by Gasteiger charge is -2.39. The largest absolute Gasteiger partial charge is 0.351 e. The van der Waals surface area contributed by atoms with Gasteiger partial charge in [0.2, 0.25) is 11.8 Å². The summed E-state index contributed by atoms with van der Waals surface area (Å²) in [6.45, 7) is 1.81. The van der Waals surface area contributed by atoms with Crippen molar-refractivity contribution in [1.82, 2.24) is 20.5 Å². The number of carbonyl (C=O) groups is 3. The Morgan fingerprint density at radius 1 is 1.13 bits per heavy atom. The summed E-state index contributed by atoms with van der Waals surface area (Å²) in [6.07, 6.45) is 3.92. The molecule has 3 amide bonds. The number of aryl methyl sites for hydroxylation is 1. The zero-order valence-electron chi connectivity index (χ0n) is 24.3. The van der Waals surface area contributed by atoms with Crippen LogP contribution >= 0.6 is 0 Å². The van der Waals surface area contributed by atoms with Gasteiger partial charge in [-0.2, -0.15) is 10.4 Å². The molecule has 3 heterocycles. The van der Waals surface area contributed by atoms with Crippen LogP contribution in [0, 0.1) is 18.3 Å². The number of benzene rings is 2. The van der Waals surface area contributed by atoms with E-state index in [0.29, 0.717) is 22.4 Å². The van der Waals surface area contributed by atoms with Gasteiger partial charge < -0.3 is 5.32 Å². The van der Waals surface area contributed by atoms with E-state index < -0.39 is 48.7 Å². The van der Waals surface area contributed by atoms with Crippen molar-refractivity contribution in [2.75, 3.05) is 9.80 Å². The number of amides is 3. The number of nitrogens with zero attached hydrogens (tertiary/aromatic N) is 5. The highest BCUT2D eigenvalue weighted by molar-refractivity contribution is 6.11. The summed E-state index contributed by atoms with van der Waals surface area (Å²) in [7, 11) is 0. The first-order valence-corrected chi connectivity index (χ1v) is 14.5. The van der Waals surface area contributed by atoms with E-state index in [1.165, 1.54) is 28.1 Å². The lowest BCUT2D eigenvalue weighted by atomic mass is 9.87. The van der Waals surface area contributed by atoms with Crippen LogP contribution in [-0.2, 0) is 14.4 Å². The topological polar surface area (TPSA) is 135 Å². The average Bonchev–Trinajstić information content (AvgIpc) is 3.70. The first kappa shape index (κ1) is 29.6. The minimum atomic E-state index is -2.86. The van der Waals surface area contributed by atoms with E-state index in [1.54, 1.807) is 61.8 Å². The second-order valence-electron chi connectivity index (χ2n) is 11.3. The number of rotatable bonds is 8. The molecule has 4 aromatic rings. The molecule has 2 aromatic heterocycles. The van der Waals surface area contributed by atoms with Crippen molar-refractivity contribution >= 4 is 29.2 Å². The van der Waals surface area contributed by atoms with Crippen LogP contribution in [0.3, 0.4) is 0 Å². The van der Waals surface area contributed by atoms with Crippen LogP contribution in [0.15, 0.2) is 79.3 Å². The molecule has 2 aliphatic rings. The number of pyridine rings is 1. The first-order chi connectivity index (χ1) is 21.6. The smallest absolute Gasteiger partial charge is 0.252 e. The Hall–Kier alpha value is -5.44. The lowest BCUT2D eigenvalue weighted by molar-refractivity contribution is -0.133. The number of carbonyl (C=O) groups excluding carboxylic acids is 3. The summed E-state index contributed by atoms with van der Waals surface area (Å²) < 4.78 is 27.5. The number of aromatic amines is 1. The number of halogens is 2. The molecule has 0 spiro atoms. The summed E-state index contributed by atoms with van der Waals surface area (Å²) in [5.74, 6) is -4.24. The molecule has 10 nitrogen and oxygen atoms in total. The molecule has 1 aliphatic heterocycles. The Morgan fingerprint density at radius 3 is 2.64 bits per heavy atom. The van der Waals surface area contributed by atoms with Crippen molar-refractivity contribution in [3.8, 4) is 17.2 Å². The summed E-state index contributed by atoms with van der Waals surface area (Å²) in [5.41, 5.74) is 3.30. The Labute approximate surface area is 257 Å². The number of anilines is 2. The SMILES string of the molecule is Cc1ccccc1C(C(=O)NC1CC(F)(F)C1)N(C(=O)C1CCC(=O)N1c1cc(C#N)ccn1)c1cccc(-c2cn[nH]c2)c1. The molecule has 6 rings (SSSR count). The lowest BCUT2D eigenvalue weighted by Crippen LogP contribution is -2.56. The number of hydrogen-bond donors (Lipinski definition) is 2. The third-order valence-corrected chi connectivity index (χ3v) is 8.24. The van der Waals surface area contributed by atoms with Gasteiger partial charge in [-0.25, -0.2) is 13.8 Å². The summed E-state index contributed by atoms with van der Waals surface area (Å²) in [5, 5.41) is 19.0. The molecule has 2 unspecified atom stereocenters. The average molecular weight is 610 g/mol. The maximum Gasteiger partial charge on any atom is 0.252 e. The fourth-order valence-corrected chi connectivity index (χ4v) is 5.97. The van der Waals surface area contributed by atoms with Crippen LogP contribution in [0.1, 0.15) is 48.4 Å². The summed E-state index contributed by atoms with van der Waals surface area (Å²) in [4.78, 5) is 49.1. The first-order valence-electron chi connectivity index (χ1n) is 14.5. The molecule has 2 aromatic carbocycles.